The van der Waals surface area contributed by atoms with Gasteiger partial charge in [-0.05, 0) is 54.2 Å². The highest BCUT2D eigenvalue weighted by Gasteiger charge is 2.22. The minimum atomic E-state index is -0.928. The molecule has 0 radical (unpaired) electrons. The van der Waals surface area contributed by atoms with Gasteiger partial charge in [-0.25, -0.2) is 0 Å². The molecule has 0 spiro atoms. The van der Waals surface area contributed by atoms with Crippen LogP contribution in [0.4, 0.5) is 0 Å². The Balaban J connectivity index is 1.56. The molecule has 1 amide bonds. The number of aryl methyl sites for hydroxylation is 1. The summed E-state index contributed by atoms with van der Waals surface area (Å²) in [5, 5.41) is 3.98. The number of amides is 1. The number of pyridine rings is 1. The number of carbonyl (C=O) groups is 1. The zero-order chi connectivity index (χ0) is 22.0. The van der Waals surface area contributed by atoms with Gasteiger partial charge in [-0.3, -0.25) is 9.59 Å². The van der Waals surface area contributed by atoms with Crippen LogP contribution in [0.25, 0.3) is 10.9 Å². The monoisotopic (exact) mass is 457 g/mol. The average Bonchev–Trinajstić information content (AvgIpc) is 2.77. The van der Waals surface area contributed by atoms with Crippen molar-refractivity contribution < 1.29 is 9.35 Å². The van der Waals surface area contributed by atoms with Crippen LogP contribution < -0.4 is 15.5 Å². The van der Waals surface area contributed by atoms with Crippen LogP contribution in [0, 0.1) is 5.92 Å². The normalized spacial score (nSPS) is 18.8. The van der Waals surface area contributed by atoms with E-state index in [2.05, 4.69) is 10.0 Å². The fraction of sp³-hybridized carbons (Fsp3) is 0.304. The lowest BCUT2D eigenvalue weighted by Gasteiger charge is -2.24. The largest absolute Gasteiger partial charge is 0.598 e. The number of hydrogen-bond donors (Lipinski definition) is 2. The number of halogens is 1. The Morgan fingerprint density at radius 3 is 2.71 bits per heavy atom. The summed E-state index contributed by atoms with van der Waals surface area (Å²) in [6.07, 6.45) is 3.28. The van der Waals surface area contributed by atoms with Crippen molar-refractivity contribution in [2.75, 3.05) is 12.3 Å². The lowest BCUT2D eigenvalue weighted by Crippen LogP contribution is -2.38. The van der Waals surface area contributed by atoms with Gasteiger partial charge in [-0.1, -0.05) is 29.8 Å². The number of fused-ring (bicyclic) bond motifs is 1. The molecule has 2 unspecified atom stereocenters. The smallest absolute Gasteiger partial charge is 0.257 e. The van der Waals surface area contributed by atoms with Gasteiger partial charge in [0.25, 0.3) is 5.91 Å². The first-order valence-electron chi connectivity index (χ1n) is 10.2. The summed E-state index contributed by atoms with van der Waals surface area (Å²) in [6.45, 7) is 1.02. The second-order valence-electron chi connectivity index (χ2n) is 7.90. The third-order valence-corrected chi connectivity index (χ3v) is 6.98. The minimum absolute atomic E-state index is 0.121. The number of aromatic nitrogens is 1. The Morgan fingerprint density at radius 1 is 1.26 bits per heavy atom. The highest BCUT2D eigenvalue weighted by Crippen LogP contribution is 2.20. The Morgan fingerprint density at radius 2 is 2.00 bits per heavy atom. The van der Waals surface area contributed by atoms with Crippen molar-refractivity contribution in [1.82, 2.24) is 14.6 Å². The SMILES string of the molecule is Cn1cc(C(=O)NCc2ccc(Cl)cc2)c(=O)c2cc(CC3CC[S+]([O-])NC3)ccc21. The number of benzene rings is 2. The summed E-state index contributed by atoms with van der Waals surface area (Å²) in [4.78, 5) is 25.9. The van der Waals surface area contributed by atoms with Crippen molar-refractivity contribution in [1.29, 1.82) is 0 Å². The Hall–Kier alpha value is -2.32. The number of carbonyl (C=O) groups excluding carboxylic acids is 1. The average molecular weight is 458 g/mol. The van der Waals surface area contributed by atoms with Crippen molar-refractivity contribution in [3.8, 4) is 0 Å². The van der Waals surface area contributed by atoms with Gasteiger partial charge in [0.2, 0.25) is 5.43 Å². The molecule has 1 aromatic heterocycles. The molecule has 2 atom stereocenters. The maximum Gasteiger partial charge on any atom is 0.257 e. The van der Waals surface area contributed by atoms with Crippen LogP contribution in [0.3, 0.4) is 0 Å². The first-order valence-corrected chi connectivity index (χ1v) is 11.9. The fourth-order valence-corrected chi connectivity index (χ4v) is 5.11. The Labute approximate surface area is 188 Å². The van der Waals surface area contributed by atoms with E-state index in [1.54, 1.807) is 18.3 Å². The first-order chi connectivity index (χ1) is 14.9. The molecule has 6 nitrogen and oxygen atoms in total. The van der Waals surface area contributed by atoms with E-state index in [0.29, 0.717) is 35.2 Å². The highest BCUT2D eigenvalue weighted by atomic mass is 35.5. The van der Waals surface area contributed by atoms with E-state index < -0.39 is 17.3 Å². The molecular formula is C23H24ClN3O3S. The standard InChI is InChI=1S/C23H24ClN3O3S/c1-27-14-20(23(29)25-12-15-2-5-18(24)6-3-15)22(28)19-11-16(4-7-21(19)27)10-17-8-9-31(30)26-13-17/h2-7,11,14,17,26H,8-10,12-13H2,1H3,(H,25,29). The highest BCUT2D eigenvalue weighted by molar-refractivity contribution is 7.89. The summed E-state index contributed by atoms with van der Waals surface area (Å²) in [7, 11) is 1.83. The van der Waals surface area contributed by atoms with Crippen LogP contribution in [0.5, 0.6) is 0 Å². The molecule has 1 fully saturated rings. The van der Waals surface area contributed by atoms with Gasteiger partial charge in [-0.15, -0.1) is 4.72 Å². The first kappa shape index (κ1) is 21.9. The van der Waals surface area contributed by atoms with Crippen molar-refractivity contribution in [3.63, 3.8) is 0 Å². The van der Waals surface area contributed by atoms with Crippen molar-refractivity contribution in [3.05, 3.63) is 80.6 Å². The lowest BCUT2D eigenvalue weighted by atomic mass is 9.95. The number of nitrogens with one attached hydrogen (secondary N) is 2. The van der Waals surface area contributed by atoms with Crippen molar-refractivity contribution >= 4 is 39.8 Å². The number of nitrogens with zero attached hydrogens (tertiary/aromatic N) is 1. The van der Waals surface area contributed by atoms with E-state index in [0.717, 1.165) is 29.5 Å². The van der Waals surface area contributed by atoms with Crippen LogP contribution in [0.1, 0.15) is 27.9 Å². The molecule has 2 heterocycles. The maximum absolute atomic E-state index is 13.1. The summed E-state index contributed by atoms with van der Waals surface area (Å²) >= 11 is 4.97. The summed E-state index contributed by atoms with van der Waals surface area (Å²) in [5.41, 5.74) is 2.58. The minimum Gasteiger partial charge on any atom is -0.598 e. The second-order valence-corrected chi connectivity index (χ2v) is 9.72. The second kappa shape index (κ2) is 9.44. The predicted molar refractivity (Wildman–Crippen MR) is 125 cm³/mol. The van der Waals surface area contributed by atoms with Gasteiger partial charge in [0.1, 0.15) is 11.3 Å². The molecule has 4 rings (SSSR count). The maximum atomic E-state index is 13.1. The number of rotatable bonds is 5. The van der Waals surface area contributed by atoms with Crippen LogP contribution in [-0.2, 0) is 31.4 Å². The van der Waals surface area contributed by atoms with Gasteiger partial charge < -0.3 is 14.4 Å². The summed E-state index contributed by atoms with van der Waals surface area (Å²) < 4.78 is 16.3. The zero-order valence-corrected chi connectivity index (χ0v) is 18.8. The molecular weight excluding hydrogens is 434 g/mol. The fourth-order valence-electron chi connectivity index (χ4n) is 3.87. The van der Waals surface area contributed by atoms with Gasteiger partial charge in [0.05, 0.1) is 5.52 Å². The predicted octanol–water partition coefficient (Wildman–Crippen LogP) is 2.94. The van der Waals surface area contributed by atoms with E-state index in [1.165, 1.54) is 0 Å². The zero-order valence-electron chi connectivity index (χ0n) is 17.2. The molecule has 0 aliphatic carbocycles. The molecule has 2 aromatic carbocycles. The molecule has 0 saturated carbocycles. The molecule has 1 aliphatic heterocycles. The van der Waals surface area contributed by atoms with Crippen LogP contribution in [-0.4, -0.2) is 27.3 Å². The quantitative estimate of drug-likeness (QED) is 0.577. The van der Waals surface area contributed by atoms with Crippen LogP contribution >= 0.6 is 11.6 Å². The third-order valence-electron chi connectivity index (χ3n) is 5.63. The number of hydrogen-bond acceptors (Lipinski definition) is 4. The Kier molecular flexibility index (Phi) is 6.67. The molecule has 8 heteroatoms. The van der Waals surface area contributed by atoms with Crippen LogP contribution in [0.15, 0.2) is 53.5 Å². The van der Waals surface area contributed by atoms with E-state index in [9.17, 15) is 14.1 Å². The van der Waals surface area contributed by atoms with Gasteiger partial charge in [0, 0.05) is 48.1 Å². The van der Waals surface area contributed by atoms with E-state index in [4.69, 9.17) is 11.6 Å². The Bertz CT molecular complexity index is 1160. The molecule has 1 saturated heterocycles. The van der Waals surface area contributed by atoms with Gasteiger partial charge >= 0.3 is 0 Å². The molecule has 3 aromatic rings. The van der Waals surface area contributed by atoms with E-state index >= 15 is 0 Å². The molecule has 162 valence electrons. The topological polar surface area (TPSA) is 86.2 Å². The van der Waals surface area contributed by atoms with Crippen LogP contribution in [0.2, 0.25) is 5.02 Å². The van der Waals surface area contributed by atoms with Crippen molar-refractivity contribution in [2.24, 2.45) is 13.0 Å². The molecule has 1 aliphatic rings. The summed E-state index contributed by atoms with van der Waals surface area (Å²) in [6, 6.07) is 13.0. The molecule has 2 N–H and O–H groups in total. The van der Waals surface area contributed by atoms with Gasteiger partial charge in [-0.2, -0.15) is 0 Å². The lowest BCUT2D eigenvalue weighted by molar-refractivity contribution is 0.0949. The van der Waals surface area contributed by atoms with Gasteiger partial charge in [0.15, 0.2) is 0 Å². The van der Waals surface area contributed by atoms with E-state index in [-0.39, 0.29) is 11.0 Å². The van der Waals surface area contributed by atoms with E-state index in [1.807, 2.05) is 41.9 Å². The summed E-state index contributed by atoms with van der Waals surface area (Å²) in [5.74, 6) is 0.629. The van der Waals surface area contributed by atoms with Crippen molar-refractivity contribution in [2.45, 2.75) is 19.4 Å². The molecule has 0 bridgehead atoms. The molecule has 31 heavy (non-hydrogen) atoms. The third kappa shape index (κ3) is 5.13.